The van der Waals surface area contributed by atoms with Crippen LogP contribution < -0.4 is 4.74 Å². The smallest absolute Gasteiger partial charge is 0.189 e. The molecule has 2 rings (SSSR count). The van der Waals surface area contributed by atoms with Crippen molar-refractivity contribution in [2.24, 2.45) is 5.92 Å². The zero-order valence-electron chi connectivity index (χ0n) is 8.56. The molecule has 0 aromatic carbocycles. The summed E-state index contributed by atoms with van der Waals surface area (Å²) in [5, 5.41) is 0. The van der Waals surface area contributed by atoms with Crippen molar-refractivity contribution < 1.29 is 9.47 Å². The monoisotopic (exact) mass is 193 g/mol. The largest absolute Gasteiger partial charge is 0.467 e. The summed E-state index contributed by atoms with van der Waals surface area (Å²) in [5.41, 5.74) is 1.08. The van der Waals surface area contributed by atoms with Crippen molar-refractivity contribution in [3.63, 3.8) is 0 Å². The van der Waals surface area contributed by atoms with Crippen molar-refractivity contribution in [1.82, 2.24) is 4.98 Å². The Morgan fingerprint density at radius 1 is 1.57 bits per heavy atom. The third-order valence-electron chi connectivity index (χ3n) is 2.33. The second-order valence-corrected chi connectivity index (χ2v) is 3.96. The molecule has 0 spiro atoms. The Bertz CT molecular complexity index is 312. The predicted molar refractivity (Wildman–Crippen MR) is 53.0 cm³/mol. The number of hydrogen-bond acceptors (Lipinski definition) is 3. The Hall–Kier alpha value is -1.09. The molecule has 0 bridgehead atoms. The van der Waals surface area contributed by atoms with Crippen molar-refractivity contribution in [2.45, 2.75) is 26.4 Å². The second kappa shape index (κ2) is 3.96. The standard InChI is InChI=1S/C11H15NO2/c1-8(2)5-11-9-6-12-4-3-10(9)13-7-14-11/h3-4,6,8,11H,5,7H2,1-2H3. The van der Waals surface area contributed by atoms with Gasteiger partial charge in [-0.2, -0.15) is 0 Å². The van der Waals surface area contributed by atoms with Gasteiger partial charge in [-0.05, 0) is 18.4 Å². The van der Waals surface area contributed by atoms with Gasteiger partial charge in [0, 0.05) is 18.0 Å². The Balaban J connectivity index is 2.22. The van der Waals surface area contributed by atoms with E-state index < -0.39 is 0 Å². The minimum atomic E-state index is 0.146. The van der Waals surface area contributed by atoms with Crippen molar-refractivity contribution in [2.75, 3.05) is 6.79 Å². The van der Waals surface area contributed by atoms with E-state index in [2.05, 4.69) is 18.8 Å². The second-order valence-electron chi connectivity index (χ2n) is 3.96. The molecule has 76 valence electrons. The van der Waals surface area contributed by atoms with Crippen LogP contribution >= 0.6 is 0 Å². The fourth-order valence-corrected chi connectivity index (χ4v) is 1.66. The first-order chi connectivity index (χ1) is 6.77. The number of nitrogens with zero attached hydrogens (tertiary/aromatic N) is 1. The molecular weight excluding hydrogens is 178 g/mol. The quantitative estimate of drug-likeness (QED) is 0.723. The molecule has 1 atom stereocenters. The summed E-state index contributed by atoms with van der Waals surface area (Å²) in [6.45, 7) is 4.73. The number of pyridine rings is 1. The Morgan fingerprint density at radius 3 is 3.21 bits per heavy atom. The van der Waals surface area contributed by atoms with Gasteiger partial charge in [0.1, 0.15) is 5.75 Å². The average molecular weight is 193 g/mol. The van der Waals surface area contributed by atoms with Gasteiger partial charge in [-0.1, -0.05) is 13.8 Å². The minimum absolute atomic E-state index is 0.146. The van der Waals surface area contributed by atoms with E-state index in [0.29, 0.717) is 12.7 Å². The van der Waals surface area contributed by atoms with Gasteiger partial charge in [0.2, 0.25) is 0 Å². The maximum absolute atomic E-state index is 5.55. The van der Waals surface area contributed by atoms with Gasteiger partial charge in [0.05, 0.1) is 6.10 Å². The van der Waals surface area contributed by atoms with Crippen molar-refractivity contribution in [3.05, 3.63) is 24.0 Å². The summed E-state index contributed by atoms with van der Waals surface area (Å²) in [5.74, 6) is 1.53. The van der Waals surface area contributed by atoms with E-state index in [1.54, 1.807) is 6.20 Å². The molecule has 1 unspecified atom stereocenters. The molecule has 3 nitrogen and oxygen atoms in total. The molecule has 1 aromatic heterocycles. The predicted octanol–water partition coefficient (Wildman–Crippen LogP) is 2.54. The number of hydrogen-bond donors (Lipinski definition) is 0. The molecule has 1 aromatic rings. The Labute approximate surface area is 84.1 Å². The highest BCUT2D eigenvalue weighted by Gasteiger charge is 2.22. The van der Waals surface area contributed by atoms with E-state index in [0.717, 1.165) is 17.7 Å². The third-order valence-corrected chi connectivity index (χ3v) is 2.33. The zero-order chi connectivity index (χ0) is 9.97. The number of rotatable bonds is 2. The van der Waals surface area contributed by atoms with Crippen LogP contribution in [0, 0.1) is 5.92 Å². The summed E-state index contributed by atoms with van der Waals surface area (Å²) in [7, 11) is 0. The molecule has 0 saturated carbocycles. The maximum Gasteiger partial charge on any atom is 0.189 e. The van der Waals surface area contributed by atoms with Crippen molar-refractivity contribution in [3.8, 4) is 5.75 Å². The highest BCUT2D eigenvalue weighted by atomic mass is 16.7. The van der Waals surface area contributed by atoms with Gasteiger partial charge in [-0.3, -0.25) is 4.98 Å². The average Bonchev–Trinajstić information content (AvgIpc) is 2.18. The molecule has 0 radical (unpaired) electrons. The number of ether oxygens (including phenoxy) is 2. The zero-order valence-corrected chi connectivity index (χ0v) is 8.56. The van der Waals surface area contributed by atoms with Crippen LogP contribution in [0.2, 0.25) is 0 Å². The maximum atomic E-state index is 5.55. The van der Waals surface area contributed by atoms with E-state index >= 15 is 0 Å². The molecule has 1 aliphatic rings. The lowest BCUT2D eigenvalue weighted by Gasteiger charge is -2.26. The van der Waals surface area contributed by atoms with Gasteiger partial charge in [-0.15, -0.1) is 0 Å². The van der Waals surface area contributed by atoms with Crippen molar-refractivity contribution in [1.29, 1.82) is 0 Å². The topological polar surface area (TPSA) is 31.4 Å². The van der Waals surface area contributed by atoms with Gasteiger partial charge in [0.15, 0.2) is 6.79 Å². The Kier molecular flexibility index (Phi) is 2.68. The summed E-state index contributed by atoms with van der Waals surface area (Å²) in [4.78, 5) is 4.10. The normalized spacial score (nSPS) is 20.4. The highest BCUT2D eigenvalue weighted by Crippen LogP contribution is 2.34. The van der Waals surface area contributed by atoms with Crippen LogP contribution in [-0.4, -0.2) is 11.8 Å². The first kappa shape index (κ1) is 9.46. The molecule has 0 N–H and O–H groups in total. The van der Waals surface area contributed by atoms with Crippen LogP contribution in [0.1, 0.15) is 31.9 Å². The number of aromatic nitrogens is 1. The molecule has 0 aliphatic carbocycles. The van der Waals surface area contributed by atoms with Crippen LogP contribution in [0.4, 0.5) is 0 Å². The Morgan fingerprint density at radius 2 is 2.43 bits per heavy atom. The first-order valence-corrected chi connectivity index (χ1v) is 4.95. The molecule has 1 aliphatic heterocycles. The lowest BCUT2D eigenvalue weighted by Crippen LogP contribution is -2.18. The molecule has 14 heavy (non-hydrogen) atoms. The van der Waals surface area contributed by atoms with E-state index in [9.17, 15) is 0 Å². The van der Waals surface area contributed by atoms with Crippen LogP contribution in [0.3, 0.4) is 0 Å². The SMILES string of the molecule is CC(C)CC1OCOc2ccncc21. The van der Waals surface area contributed by atoms with Crippen LogP contribution in [-0.2, 0) is 4.74 Å². The molecule has 2 heterocycles. The van der Waals surface area contributed by atoms with Gasteiger partial charge in [-0.25, -0.2) is 0 Å². The molecule has 0 amide bonds. The summed E-state index contributed by atoms with van der Waals surface area (Å²) in [6, 6.07) is 1.89. The summed E-state index contributed by atoms with van der Waals surface area (Å²) >= 11 is 0. The fraction of sp³-hybridized carbons (Fsp3) is 0.545. The van der Waals surface area contributed by atoms with E-state index in [1.165, 1.54) is 0 Å². The van der Waals surface area contributed by atoms with E-state index in [-0.39, 0.29) is 6.10 Å². The van der Waals surface area contributed by atoms with Gasteiger partial charge < -0.3 is 9.47 Å². The number of fused-ring (bicyclic) bond motifs is 1. The lowest BCUT2D eigenvalue weighted by atomic mass is 10.00. The lowest BCUT2D eigenvalue weighted by molar-refractivity contribution is -0.0670. The van der Waals surface area contributed by atoms with E-state index in [4.69, 9.17) is 9.47 Å². The third kappa shape index (κ3) is 1.87. The molecule has 0 saturated heterocycles. The van der Waals surface area contributed by atoms with Crippen LogP contribution in [0.25, 0.3) is 0 Å². The minimum Gasteiger partial charge on any atom is -0.467 e. The summed E-state index contributed by atoms with van der Waals surface area (Å²) in [6.07, 6.45) is 4.74. The fourth-order valence-electron chi connectivity index (χ4n) is 1.66. The molecule has 0 fully saturated rings. The summed E-state index contributed by atoms with van der Waals surface area (Å²) < 4.78 is 10.9. The molecule has 3 heteroatoms. The van der Waals surface area contributed by atoms with Crippen LogP contribution in [0.15, 0.2) is 18.5 Å². The molecular formula is C11H15NO2. The first-order valence-electron chi connectivity index (χ1n) is 4.95. The highest BCUT2D eigenvalue weighted by molar-refractivity contribution is 5.33. The van der Waals surface area contributed by atoms with Gasteiger partial charge in [0.25, 0.3) is 0 Å². The van der Waals surface area contributed by atoms with E-state index in [1.807, 2.05) is 12.3 Å². The van der Waals surface area contributed by atoms with Crippen LogP contribution in [0.5, 0.6) is 5.75 Å². The van der Waals surface area contributed by atoms with Gasteiger partial charge >= 0.3 is 0 Å². The van der Waals surface area contributed by atoms with Crippen molar-refractivity contribution >= 4 is 0 Å².